The molecule has 2 amide bonds. The van der Waals surface area contributed by atoms with E-state index in [2.05, 4.69) is 15.4 Å². The number of carbonyl (C=O) groups excluding carboxylic acids is 1. The Hall–Kier alpha value is -3.55. The summed E-state index contributed by atoms with van der Waals surface area (Å²) < 4.78 is 25.2. The van der Waals surface area contributed by atoms with Gasteiger partial charge in [0, 0.05) is 37.9 Å². The Bertz CT molecular complexity index is 1310. The van der Waals surface area contributed by atoms with Gasteiger partial charge < -0.3 is 35.8 Å². The van der Waals surface area contributed by atoms with E-state index in [-0.39, 0.29) is 30.1 Å². The lowest BCUT2D eigenvalue weighted by Gasteiger charge is -2.36. The van der Waals surface area contributed by atoms with Gasteiger partial charge in [0.25, 0.3) is 0 Å². The van der Waals surface area contributed by atoms with Gasteiger partial charge in [0.2, 0.25) is 10.0 Å². The minimum Gasteiger partial charge on any atom is -0.506 e. The molecule has 0 bridgehead atoms. The third-order valence-electron chi connectivity index (χ3n) is 7.50. The number of nitrogens with zero attached hydrogens (tertiary/aromatic N) is 2. The van der Waals surface area contributed by atoms with E-state index in [1.54, 1.807) is 11.0 Å². The number of benzene rings is 2. The van der Waals surface area contributed by atoms with Crippen molar-refractivity contribution < 1.29 is 33.3 Å². The number of carbonyl (C=O) groups is 2. The Morgan fingerprint density at radius 3 is 2.41 bits per heavy atom. The van der Waals surface area contributed by atoms with Gasteiger partial charge in [-0.25, -0.2) is 18.0 Å². The third kappa shape index (κ3) is 8.47. The van der Waals surface area contributed by atoms with Crippen LogP contribution in [0.5, 0.6) is 5.75 Å². The quantitative estimate of drug-likeness (QED) is 0.170. The molecule has 2 heterocycles. The predicted octanol–water partition coefficient (Wildman–Crippen LogP) is 2.17. The maximum absolute atomic E-state index is 12.8. The summed E-state index contributed by atoms with van der Waals surface area (Å²) in [4.78, 5) is 27.5. The second kappa shape index (κ2) is 13.4. The molecule has 2 aromatic rings. The summed E-state index contributed by atoms with van der Waals surface area (Å²) in [5.74, 6) is -1.15. The SMILES string of the molecule is CS(=O)(=O)Nc1cc([C@@H](O)CNCCc2ccc(NC3CCN(C(=O)N4CCC[C@H]4C(=O)O)CC3)cc2)ccc1O. The molecule has 224 valence electrons. The molecular weight excluding hydrogens is 550 g/mol. The highest BCUT2D eigenvalue weighted by atomic mass is 32.2. The molecule has 41 heavy (non-hydrogen) atoms. The molecule has 12 nitrogen and oxygen atoms in total. The van der Waals surface area contributed by atoms with Crippen LogP contribution in [0.2, 0.25) is 0 Å². The Balaban J connectivity index is 1.17. The maximum atomic E-state index is 12.8. The average molecular weight is 590 g/mol. The number of phenolic OH excluding ortho intramolecular Hbond substituents is 1. The number of carboxylic acids is 1. The Kier molecular flexibility index (Phi) is 9.94. The number of aromatic hydroxyl groups is 1. The first kappa shape index (κ1) is 30.4. The molecule has 0 unspecified atom stereocenters. The second-order valence-electron chi connectivity index (χ2n) is 10.7. The number of aliphatic hydroxyl groups excluding tert-OH is 1. The molecule has 2 atom stereocenters. The minimum atomic E-state index is -3.56. The number of aliphatic hydroxyl groups is 1. The molecule has 2 aliphatic rings. The number of anilines is 2. The second-order valence-corrected chi connectivity index (χ2v) is 12.4. The van der Waals surface area contributed by atoms with E-state index in [1.807, 2.05) is 24.3 Å². The smallest absolute Gasteiger partial charge is 0.326 e. The van der Waals surface area contributed by atoms with Crippen molar-refractivity contribution in [3.63, 3.8) is 0 Å². The van der Waals surface area contributed by atoms with Crippen molar-refractivity contribution in [2.45, 2.75) is 50.3 Å². The summed E-state index contributed by atoms with van der Waals surface area (Å²) in [7, 11) is -3.56. The van der Waals surface area contributed by atoms with Gasteiger partial charge in [0.05, 0.1) is 18.0 Å². The van der Waals surface area contributed by atoms with E-state index in [9.17, 15) is 33.3 Å². The van der Waals surface area contributed by atoms with E-state index in [1.165, 1.54) is 17.0 Å². The highest BCUT2D eigenvalue weighted by Crippen LogP contribution is 2.28. The normalized spacial score (nSPS) is 18.7. The Morgan fingerprint density at radius 2 is 1.76 bits per heavy atom. The summed E-state index contributed by atoms with van der Waals surface area (Å²) in [6, 6.07) is 11.8. The van der Waals surface area contributed by atoms with Crippen molar-refractivity contribution in [1.82, 2.24) is 15.1 Å². The molecule has 2 aromatic carbocycles. The van der Waals surface area contributed by atoms with Crippen LogP contribution in [0, 0.1) is 0 Å². The fourth-order valence-electron chi connectivity index (χ4n) is 5.28. The monoisotopic (exact) mass is 589 g/mol. The van der Waals surface area contributed by atoms with Crippen molar-refractivity contribution in [1.29, 1.82) is 0 Å². The number of nitrogens with one attached hydrogen (secondary N) is 3. The number of carboxylic acid groups (broad SMARTS) is 1. The van der Waals surface area contributed by atoms with Crippen molar-refractivity contribution in [2.24, 2.45) is 0 Å². The van der Waals surface area contributed by atoms with Crippen LogP contribution in [-0.4, -0.2) is 96.6 Å². The number of aliphatic carboxylic acids is 1. The lowest BCUT2D eigenvalue weighted by Crippen LogP contribution is -2.51. The molecule has 2 fully saturated rings. The zero-order chi connectivity index (χ0) is 29.6. The molecule has 2 saturated heterocycles. The van der Waals surface area contributed by atoms with Crippen LogP contribution in [0.1, 0.15) is 42.9 Å². The first-order chi connectivity index (χ1) is 19.5. The molecular formula is C28H39N5O7S. The molecule has 0 aromatic heterocycles. The van der Waals surface area contributed by atoms with Crippen LogP contribution in [0.25, 0.3) is 0 Å². The molecule has 4 rings (SSSR count). The van der Waals surface area contributed by atoms with Crippen LogP contribution in [0.15, 0.2) is 42.5 Å². The average Bonchev–Trinajstić information content (AvgIpc) is 3.43. The van der Waals surface area contributed by atoms with E-state index >= 15 is 0 Å². The van der Waals surface area contributed by atoms with E-state index in [0.29, 0.717) is 38.2 Å². The molecule has 2 aliphatic heterocycles. The van der Waals surface area contributed by atoms with Crippen molar-refractivity contribution >= 4 is 33.4 Å². The minimum absolute atomic E-state index is 0.0211. The topological polar surface area (TPSA) is 172 Å². The summed E-state index contributed by atoms with van der Waals surface area (Å²) in [6.07, 6.45) is 3.68. The summed E-state index contributed by atoms with van der Waals surface area (Å²) in [6.45, 7) is 2.57. The van der Waals surface area contributed by atoms with E-state index < -0.39 is 28.1 Å². The molecule has 0 saturated carbocycles. The van der Waals surface area contributed by atoms with Gasteiger partial charge in [-0.05, 0) is 74.0 Å². The molecule has 0 aliphatic carbocycles. The third-order valence-corrected chi connectivity index (χ3v) is 8.09. The lowest BCUT2D eigenvalue weighted by molar-refractivity contribution is -0.141. The number of hydrogen-bond donors (Lipinski definition) is 6. The van der Waals surface area contributed by atoms with Gasteiger partial charge in [-0.1, -0.05) is 18.2 Å². The van der Waals surface area contributed by atoms with Crippen LogP contribution >= 0.6 is 0 Å². The van der Waals surface area contributed by atoms with Crippen molar-refractivity contribution in [2.75, 3.05) is 49.0 Å². The van der Waals surface area contributed by atoms with Gasteiger partial charge in [-0.3, -0.25) is 4.72 Å². The number of rotatable bonds is 11. The predicted molar refractivity (Wildman–Crippen MR) is 156 cm³/mol. The van der Waals surface area contributed by atoms with Crippen LogP contribution in [0.4, 0.5) is 16.2 Å². The highest BCUT2D eigenvalue weighted by molar-refractivity contribution is 7.92. The number of phenols is 1. The van der Waals surface area contributed by atoms with Gasteiger partial charge in [0.1, 0.15) is 11.8 Å². The summed E-state index contributed by atoms with van der Waals surface area (Å²) in [5, 5.41) is 36.4. The molecule has 6 N–H and O–H groups in total. The maximum Gasteiger partial charge on any atom is 0.326 e. The highest BCUT2D eigenvalue weighted by Gasteiger charge is 2.37. The number of sulfonamides is 1. The molecule has 0 spiro atoms. The van der Waals surface area contributed by atoms with Gasteiger partial charge in [-0.15, -0.1) is 0 Å². The zero-order valence-corrected chi connectivity index (χ0v) is 23.9. The van der Waals surface area contributed by atoms with Gasteiger partial charge in [-0.2, -0.15) is 0 Å². The Labute approximate surface area is 240 Å². The zero-order valence-electron chi connectivity index (χ0n) is 23.1. The fourth-order valence-corrected chi connectivity index (χ4v) is 5.85. The largest absolute Gasteiger partial charge is 0.506 e. The van der Waals surface area contributed by atoms with Crippen molar-refractivity contribution in [3.8, 4) is 5.75 Å². The van der Waals surface area contributed by atoms with Gasteiger partial charge in [0.15, 0.2) is 0 Å². The van der Waals surface area contributed by atoms with Crippen LogP contribution in [0.3, 0.4) is 0 Å². The Morgan fingerprint density at radius 1 is 1.05 bits per heavy atom. The molecule has 13 heteroatoms. The summed E-state index contributed by atoms with van der Waals surface area (Å²) in [5.41, 5.74) is 2.62. The number of hydrogen-bond acceptors (Lipinski definition) is 8. The lowest BCUT2D eigenvalue weighted by atomic mass is 10.0. The number of amides is 2. The molecule has 0 radical (unpaired) electrons. The standard InChI is InChI=1S/C28H39N5O7S/c1-41(39,40)31-23-17-20(6-9-25(23)34)26(35)18-29-13-10-19-4-7-21(8-5-19)30-22-11-15-32(16-12-22)28(38)33-14-2-3-24(33)27(36)37/h4-9,17,22,24,26,29-31,34-35H,2-3,10-16,18H2,1H3,(H,36,37)/t24-,26-/m0/s1. The van der Waals surface area contributed by atoms with Crippen molar-refractivity contribution in [3.05, 3.63) is 53.6 Å². The number of piperidine rings is 1. The number of likely N-dealkylation sites (tertiary alicyclic amines) is 2. The fraction of sp³-hybridized carbons (Fsp3) is 0.500. The van der Waals surface area contributed by atoms with Crippen LogP contribution < -0.4 is 15.4 Å². The van der Waals surface area contributed by atoms with Gasteiger partial charge >= 0.3 is 12.0 Å². The van der Waals surface area contributed by atoms with E-state index in [4.69, 9.17) is 0 Å². The van der Waals surface area contributed by atoms with Crippen LogP contribution in [-0.2, 0) is 21.2 Å². The number of urea groups is 1. The first-order valence-corrected chi connectivity index (χ1v) is 15.7. The summed E-state index contributed by atoms with van der Waals surface area (Å²) >= 11 is 0. The van der Waals surface area contributed by atoms with E-state index in [0.717, 1.165) is 43.2 Å². The first-order valence-electron chi connectivity index (χ1n) is 13.8.